The summed E-state index contributed by atoms with van der Waals surface area (Å²) >= 11 is 0. The molecule has 1 aliphatic heterocycles. The van der Waals surface area contributed by atoms with E-state index in [1.165, 1.54) is 16.6 Å². The smallest absolute Gasteiger partial charge is 0.387 e. The first-order valence-electron chi connectivity index (χ1n) is 8.56. The number of ether oxygens (including phenoxy) is 1. The van der Waals surface area contributed by atoms with Crippen molar-refractivity contribution in [2.45, 2.75) is 23.9 Å². The van der Waals surface area contributed by atoms with Crippen LogP contribution in [0.2, 0.25) is 0 Å². The summed E-state index contributed by atoms with van der Waals surface area (Å²) in [6, 6.07) is 2.84. The molecule has 6 atom stereocenters. The number of nitrogens with two attached hydrogens (primary N) is 1. The summed E-state index contributed by atoms with van der Waals surface area (Å²) in [6.07, 6.45) is -4.22. The van der Waals surface area contributed by atoms with E-state index in [0.717, 1.165) is 6.33 Å². The van der Waals surface area contributed by atoms with Crippen LogP contribution in [0, 0.1) is 0 Å². The highest BCUT2D eigenvalue weighted by Crippen LogP contribution is 2.66. The second-order valence-electron chi connectivity index (χ2n) is 6.74. The van der Waals surface area contributed by atoms with E-state index in [2.05, 4.69) is 23.2 Å². The molecule has 0 amide bonds. The molecule has 8 N–H and O–H groups in total. The number of phosphoric ester groups is 1. The maximum absolute atomic E-state index is 13.9. The highest BCUT2D eigenvalue weighted by atomic mass is 31.3. The van der Waals surface area contributed by atoms with E-state index in [9.17, 15) is 38.1 Å². The van der Waals surface area contributed by atoms with Gasteiger partial charge in [-0.05, 0) is 12.1 Å². The molecular formula is C12H18FN4O13P3. The number of nitrogen functional groups attached to an aromatic ring is 1. The summed E-state index contributed by atoms with van der Waals surface area (Å²) in [5, 5.41) is 24.7. The van der Waals surface area contributed by atoms with Crippen molar-refractivity contribution in [3.8, 4) is 0 Å². The van der Waals surface area contributed by atoms with Crippen LogP contribution >= 0.6 is 23.5 Å². The van der Waals surface area contributed by atoms with Crippen molar-refractivity contribution < 1.29 is 65.8 Å². The molecule has 3 heterocycles. The number of hydrogen-bond acceptors (Lipinski definition) is 12. The lowest BCUT2D eigenvalue weighted by molar-refractivity contribution is -0.121. The van der Waals surface area contributed by atoms with Crippen molar-refractivity contribution in [2.24, 2.45) is 0 Å². The minimum atomic E-state index is -5.82. The number of phosphoric acid groups is 3. The zero-order chi connectivity index (χ0) is 24.8. The second kappa shape index (κ2) is 9.02. The molecule has 0 bridgehead atoms. The van der Waals surface area contributed by atoms with Crippen LogP contribution < -0.4 is 5.73 Å². The molecule has 33 heavy (non-hydrogen) atoms. The average molecular weight is 538 g/mol. The van der Waals surface area contributed by atoms with Crippen molar-refractivity contribution in [1.29, 1.82) is 0 Å². The topological polar surface area (TPSA) is 266 Å². The van der Waals surface area contributed by atoms with E-state index in [1.807, 2.05) is 0 Å². The van der Waals surface area contributed by atoms with Crippen LogP contribution in [-0.4, -0.2) is 75.5 Å². The number of alkyl halides is 1. The first-order chi connectivity index (χ1) is 15.1. The second-order valence-corrected chi connectivity index (χ2v) is 11.2. The molecule has 1 aliphatic rings. The Hall–Kier alpha value is -1.36. The van der Waals surface area contributed by atoms with Gasteiger partial charge in [0.15, 0.2) is 5.82 Å². The molecule has 3 rings (SSSR count). The number of anilines is 1. The molecule has 1 saturated heterocycles. The Labute approximate surface area is 183 Å². The van der Waals surface area contributed by atoms with Crippen LogP contribution in [0.5, 0.6) is 0 Å². The van der Waals surface area contributed by atoms with Gasteiger partial charge in [-0.3, -0.25) is 4.52 Å². The molecule has 186 valence electrons. The molecule has 2 aromatic heterocycles. The van der Waals surface area contributed by atoms with Gasteiger partial charge in [0.05, 0.1) is 12.3 Å². The summed E-state index contributed by atoms with van der Waals surface area (Å²) in [5.74, 6) is 0.0636. The standard InChI is InChI=1S/C12H18FN4O13P3/c13-3-12(4-27-32(23,24)30-33(25,26)29-31(20,21)22)10(19)8(18)9(28-12)6-1-2-7-11(14)15-5-16-17(6)7/h1-2,5,8-10,18-19H,3-4H2,(H,23,24)(H,25,26)(H2,14,15,16)(H2,20,21,22)/t8-,9-,10-,12+/m0/s1. The monoisotopic (exact) mass is 538 g/mol. The minimum absolute atomic E-state index is 0.0636. The van der Waals surface area contributed by atoms with Gasteiger partial charge in [0.25, 0.3) is 0 Å². The van der Waals surface area contributed by atoms with Crippen LogP contribution in [0.25, 0.3) is 5.52 Å². The lowest BCUT2D eigenvalue weighted by Gasteiger charge is -2.29. The summed E-state index contributed by atoms with van der Waals surface area (Å²) < 4.78 is 66.0. The van der Waals surface area contributed by atoms with Crippen LogP contribution in [0.3, 0.4) is 0 Å². The van der Waals surface area contributed by atoms with E-state index in [0.29, 0.717) is 5.52 Å². The lowest BCUT2D eigenvalue weighted by atomic mass is 9.96. The Bertz CT molecular complexity index is 1170. The Morgan fingerprint density at radius 1 is 1.15 bits per heavy atom. The normalized spacial score (nSPS) is 29.7. The Kier molecular flexibility index (Phi) is 7.17. The number of rotatable bonds is 9. The Balaban J connectivity index is 1.80. The predicted molar refractivity (Wildman–Crippen MR) is 102 cm³/mol. The average Bonchev–Trinajstić information content (AvgIpc) is 3.19. The zero-order valence-corrected chi connectivity index (χ0v) is 18.7. The van der Waals surface area contributed by atoms with Gasteiger partial charge in [0.2, 0.25) is 0 Å². The van der Waals surface area contributed by atoms with E-state index in [1.54, 1.807) is 0 Å². The van der Waals surface area contributed by atoms with Gasteiger partial charge in [-0.1, -0.05) is 0 Å². The predicted octanol–water partition coefficient (Wildman–Crippen LogP) is -0.844. The van der Waals surface area contributed by atoms with Gasteiger partial charge in [0, 0.05) is 0 Å². The fourth-order valence-electron chi connectivity index (χ4n) is 3.06. The number of hydrogen-bond donors (Lipinski definition) is 7. The Morgan fingerprint density at radius 2 is 1.82 bits per heavy atom. The van der Waals surface area contributed by atoms with Gasteiger partial charge < -0.3 is 40.3 Å². The number of fused-ring (bicyclic) bond motifs is 1. The quantitative estimate of drug-likeness (QED) is 0.192. The van der Waals surface area contributed by atoms with Crippen LogP contribution in [0.4, 0.5) is 10.2 Å². The molecule has 0 saturated carbocycles. The number of aliphatic hydroxyl groups excluding tert-OH is 2. The molecule has 0 spiro atoms. The fraction of sp³-hybridized carbons (Fsp3) is 0.500. The van der Waals surface area contributed by atoms with Crippen LogP contribution in [-0.2, 0) is 31.6 Å². The first kappa shape index (κ1) is 26.2. The third-order valence-electron chi connectivity index (χ3n) is 4.45. The third kappa shape index (κ3) is 5.66. The van der Waals surface area contributed by atoms with Crippen molar-refractivity contribution in [1.82, 2.24) is 14.6 Å². The largest absolute Gasteiger partial charge is 0.490 e. The lowest BCUT2D eigenvalue weighted by Crippen LogP contribution is -2.48. The molecule has 2 unspecified atom stereocenters. The van der Waals surface area contributed by atoms with Crippen LogP contribution in [0.15, 0.2) is 18.5 Å². The van der Waals surface area contributed by atoms with Crippen molar-refractivity contribution in [2.75, 3.05) is 19.0 Å². The maximum atomic E-state index is 13.9. The molecule has 2 aromatic rings. The maximum Gasteiger partial charge on any atom is 0.490 e. The van der Waals surface area contributed by atoms with Crippen LogP contribution in [0.1, 0.15) is 11.8 Å². The van der Waals surface area contributed by atoms with Gasteiger partial charge in [-0.15, -0.1) is 0 Å². The molecule has 0 aliphatic carbocycles. The van der Waals surface area contributed by atoms with Crippen molar-refractivity contribution >= 4 is 34.8 Å². The van der Waals surface area contributed by atoms with E-state index in [-0.39, 0.29) is 11.5 Å². The van der Waals surface area contributed by atoms with Crippen molar-refractivity contribution in [3.63, 3.8) is 0 Å². The van der Waals surface area contributed by atoms with Gasteiger partial charge in [0.1, 0.15) is 42.4 Å². The van der Waals surface area contributed by atoms with E-state index >= 15 is 0 Å². The number of halogens is 1. The summed E-state index contributed by atoms with van der Waals surface area (Å²) in [5.41, 5.74) is 3.63. The molecular weight excluding hydrogens is 520 g/mol. The summed E-state index contributed by atoms with van der Waals surface area (Å²) in [7, 11) is -17.1. The first-order valence-corrected chi connectivity index (χ1v) is 13.1. The van der Waals surface area contributed by atoms with Gasteiger partial charge in [-0.25, -0.2) is 27.6 Å². The summed E-state index contributed by atoms with van der Waals surface area (Å²) in [4.78, 5) is 39.6. The zero-order valence-electron chi connectivity index (χ0n) is 16.1. The number of aromatic nitrogens is 3. The molecule has 0 aromatic carbocycles. The van der Waals surface area contributed by atoms with E-state index < -0.39 is 60.7 Å². The highest BCUT2D eigenvalue weighted by molar-refractivity contribution is 7.66. The third-order valence-corrected chi connectivity index (χ3v) is 8.23. The molecule has 0 radical (unpaired) electrons. The van der Waals surface area contributed by atoms with Gasteiger partial charge in [-0.2, -0.15) is 13.7 Å². The molecule has 17 nitrogen and oxygen atoms in total. The number of aliphatic hydroxyl groups is 2. The fourth-order valence-corrected chi connectivity index (χ4v) is 6.13. The molecule has 1 fully saturated rings. The highest BCUT2D eigenvalue weighted by Gasteiger charge is 2.57. The van der Waals surface area contributed by atoms with Crippen molar-refractivity contribution in [3.05, 3.63) is 24.2 Å². The summed E-state index contributed by atoms with van der Waals surface area (Å²) in [6.45, 7) is -2.90. The minimum Gasteiger partial charge on any atom is -0.387 e. The van der Waals surface area contributed by atoms with E-state index in [4.69, 9.17) is 20.3 Å². The molecule has 21 heteroatoms. The number of nitrogens with zero attached hydrogens (tertiary/aromatic N) is 3. The SMILES string of the molecule is Nc1ncnn2c([C@@H]3O[C@](CF)(COP(=O)(O)OP(=O)(O)OP(=O)(O)O)[C@@H](O)[C@H]3O)ccc12. The van der Waals surface area contributed by atoms with Gasteiger partial charge >= 0.3 is 23.5 Å². The Morgan fingerprint density at radius 3 is 2.42 bits per heavy atom.